The van der Waals surface area contributed by atoms with E-state index in [2.05, 4.69) is 10.3 Å². The van der Waals surface area contributed by atoms with Crippen LogP contribution in [0.15, 0.2) is 30.5 Å². The topological polar surface area (TPSA) is 48.1 Å². The maximum absolute atomic E-state index is 12.8. The third-order valence-corrected chi connectivity index (χ3v) is 4.73. The minimum absolute atomic E-state index is 0.0512. The molecule has 0 saturated carbocycles. The van der Waals surface area contributed by atoms with Crippen LogP contribution in [-0.4, -0.2) is 42.0 Å². The van der Waals surface area contributed by atoms with Crippen LogP contribution in [0.5, 0.6) is 0 Å². The number of benzene rings is 1. The number of rotatable bonds is 3. The first kappa shape index (κ1) is 15.4. The van der Waals surface area contributed by atoms with Gasteiger partial charge in [-0.1, -0.05) is 29.3 Å². The van der Waals surface area contributed by atoms with E-state index in [1.54, 1.807) is 29.3 Å². The van der Waals surface area contributed by atoms with Gasteiger partial charge in [0.25, 0.3) is 5.91 Å². The van der Waals surface area contributed by atoms with Crippen molar-refractivity contribution in [2.45, 2.75) is 12.5 Å². The third-order valence-electron chi connectivity index (χ3n) is 4.10. The summed E-state index contributed by atoms with van der Waals surface area (Å²) in [7, 11) is 1.83. The Labute approximate surface area is 139 Å². The number of nitrogens with zero attached hydrogens (tertiary/aromatic N) is 1. The zero-order chi connectivity index (χ0) is 15.7. The van der Waals surface area contributed by atoms with Gasteiger partial charge in [-0.25, -0.2) is 0 Å². The summed E-state index contributed by atoms with van der Waals surface area (Å²) in [6.45, 7) is 1.77. The maximum atomic E-state index is 12.8. The van der Waals surface area contributed by atoms with E-state index in [0.29, 0.717) is 21.3 Å². The van der Waals surface area contributed by atoms with Crippen LogP contribution in [0.3, 0.4) is 0 Å². The smallest absolute Gasteiger partial charge is 0.270 e. The van der Waals surface area contributed by atoms with Crippen molar-refractivity contribution in [3.63, 3.8) is 0 Å². The van der Waals surface area contributed by atoms with Crippen LogP contribution >= 0.6 is 23.2 Å². The van der Waals surface area contributed by atoms with Gasteiger partial charge < -0.3 is 15.2 Å². The van der Waals surface area contributed by atoms with Crippen LogP contribution < -0.4 is 5.32 Å². The van der Waals surface area contributed by atoms with Crippen LogP contribution in [0.2, 0.25) is 10.0 Å². The average molecular weight is 338 g/mol. The van der Waals surface area contributed by atoms with Crippen LogP contribution in [0.1, 0.15) is 16.9 Å². The first-order valence-electron chi connectivity index (χ1n) is 7.19. The Morgan fingerprint density at radius 2 is 2.00 bits per heavy atom. The van der Waals surface area contributed by atoms with Gasteiger partial charge in [0.15, 0.2) is 0 Å². The number of hydrogen-bond donors (Lipinski definition) is 2. The molecule has 1 aliphatic heterocycles. The lowest BCUT2D eigenvalue weighted by Crippen LogP contribution is -2.38. The van der Waals surface area contributed by atoms with Crippen molar-refractivity contribution < 1.29 is 4.79 Å². The quantitative estimate of drug-likeness (QED) is 0.901. The summed E-state index contributed by atoms with van der Waals surface area (Å²) < 4.78 is 0. The predicted molar refractivity (Wildman–Crippen MR) is 89.6 cm³/mol. The molecule has 1 saturated heterocycles. The van der Waals surface area contributed by atoms with Gasteiger partial charge in [0, 0.05) is 47.0 Å². The lowest BCUT2D eigenvalue weighted by atomic mass is 10.0. The Morgan fingerprint density at radius 3 is 2.64 bits per heavy atom. The average Bonchev–Trinajstić information content (AvgIpc) is 3.17. The normalized spacial score (nSPS) is 17.7. The van der Waals surface area contributed by atoms with Crippen LogP contribution in [0.25, 0.3) is 11.1 Å². The molecule has 116 valence electrons. The molecule has 1 aromatic carbocycles. The summed E-state index contributed by atoms with van der Waals surface area (Å²) in [4.78, 5) is 17.6. The van der Waals surface area contributed by atoms with E-state index in [4.69, 9.17) is 23.2 Å². The molecule has 2 N–H and O–H groups in total. The first-order chi connectivity index (χ1) is 10.6. The standard InChI is InChI=1S/C16H17Cl2N3O/c1-21(10-5-7-19-9-10)16(22)15-11(6-8-20-15)14-12(17)3-2-4-13(14)18/h2-4,6,8,10,19-20H,5,7,9H2,1H3. The van der Waals surface area contributed by atoms with Crippen molar-refractivity contribution >= 4 is 29.1 Å². The van der Waals surface area contributed by atoms with Gasteiger partial charge >= 0.3 is 0 Å². The van der Waals surface area contributed by atoms with E-state index >= 15 is 0 Å². The lowest BCUT2D eigenvalue weighted by Gasteiger charge is -2.24. The molecule has 4 nitrogen and oxygen atoms in total. The number of halogens is 2. The molecule has 2 heterocycles. The number of H-pyrrole nitrogens is 1. The van der Waals surface area contributed by atoms with Gasteiger partial charge in [0.1, 0.15) is 5.69 Å². The number of aromatic nitrogens is 1. The van der Waals surface area contributed by atoms with Crippen molar-refractivity contribution in [1.82, 2.24) is 15.2 Å². The van der Waals surface area contributed by atoms with Crippen molar-refractivity contribution in [2.75, 3.05) is 20.1 Å². The fourth-order valence-corrected chi connectivity index (χ4v) is 3.42. The van der Waals surface area contributed by atoms with E-state index in [0.717, 1.165) is 25.1 Å². The number of amides is 1. The maximum Gasteiger partial charge on any atom is 0.270 e. The molecule has 22 heavy (non-hydrogen) atoms. The van der Waals surface area contributed by atoms with E-state index in [1.807, 2.05) is 13.1 Å². The molecule has 0 radical (unpaired) electrons. The number of likely N-dealkylation sites (N-methyl/N-ethyl adjacent to an activating group) is 1. The van der Waals surface area contributed by atoms with E-state index in [1.165, 1.54) is 0 Å². The number of carbonyl (C=O) groups is 1. The van der Waals surface area contributed by atoms with Gasteiger partial charge in [-0.3, -0.25) is 4.79 Å². The van der Waals surface area contributed by atoms with Gasteiger partial charge in [-0.15, -0.1) is 0 Å². The highest BCUT2D eigenvalue weighted by Gasteiger charge is 2.27. The first-order valence-corrected chi connectivity index (χ1v) is 7.95. The number of nitrogens with one attached hydrogen (secondary N) is 2. The minimum Gasteiger partial charge on any atom is -0.357 e. The Hall–Kier alpha value is -1.49. The van der Waals surface area contributed by atoms with Crippen molar-refractivity contribution in [1.29, 1.82) is 0 Å². The Balaban J connectivity index is 1.97. The molecule has 3 rings (SSSR count). The highest BCUT2D eigenvalue weighted by atomic mass is 35.5. The Kier molecular flexibility index (Phi) is 4.43. The predicted octanol–water partition coefficient (Wildman–Crippen LogP) is 3.42. The van der Waals surface area contributed by atoms with E-state index in [9.17, 15) is 4.79 Å². The fourth-order valence-electron chi connectivity index (χ4n) is 2.82. The molecule has 0 bridgehead atoms. The van der Waals surface area contributed by atoms with Crippen molar-refractivity contribution in [3.8, 4) is 11.1 Å². The molecule has 1 unspecified atom stereocenters. The van der Waals surface area contributed by atoms with Crippen LogP contribution in [0.4, 0.5) is 0 Å². The zero-order valence-electron chi connectivity index (χ0n) is 12.2. The molecule has 0 spiro atoms. The molecule has 0 aliphatic carbocycles. The monoisotopic (exact) mass is 337 g/mol. The summed E-state index contributed by atoms with van der Waals surface area (Å²) >= 11 is 12.5. The second-order valence-electron chi connectivity index (χ2n) is 5.43. The SMILES string of the molecule is CN(C(=O)c1[nH]ccc1-c1c(Cl)cccc1Cl)C1CCNC1. The largest absolute Gasteiger partial charge is 0.357 e. The third kappa shape index (κ3) is 2.74. The highest BCUT2D eigenvalue weighted by molar-refractivity contribution is 6.39. The summed E-state index contributed by atoms with van der Waals surface area (Å²) in [5.41, 5.74) is 1.94. The molecule has 1 amide bonds. The molecule has 1 atom stereocenters. The van der Waals surface area contributed by atoms with Gasteiger partial charge in [-0.05, 0) is 31.2 Å². The van der Waals surface area contributed by atoms with Gasteiger partial charge in [-0.2, -0.15) is 0 Å². The number of carbonyl (C=O) groups excluding carboxylic acids is 1. The number of aromatic amines is 1. The molecule has 6 heteroatoms. The summed E-state index contributed by atoms with van der Waals surface area (Å²) in [5, 5.41) is 4.34. The fraction of sp³-hybridized carbons (Fsp3) is 0.312. The lowest BCUT2D eigenvalue weighted by molar-refractivity contribution is 0.0739. The van der Waals surface area contributed by atoms with Crippen molar-refractivity contribution in [2.24, 2.45) is 0 Å². The summed E-state index contributed by atoms with van der Waals surface area (Å²) in [5.74, 6) is -0.0512. The summed E-state index contributed by atoms with van der Waals surface area (Å²) in [6.07, 6.45) is 2.70. The Morgan fingerprint density at radius 1 is 1.27 bits per heavy atom. The molecule has 1 aromatic heterocycles. The van der Waals surface area contributed by atoms with Gasteiger partial charge in [0.2, 0.25) is 0 Å². The second-order valence-corrected chi connectivity index (χ2v) is 6.24. The summed E-state index contributed by atoms with van der Waals surface area (Å²) in [6, 6.07) is 7.38. The highest BCUT2D eigenvalue weighted by Crippen LogP contribution is 2.36. The Bertz CT molecular complexity index is 672. The van der Waals surface area contributed by atoms with E-state index < -0.39 is 0 Å². The molecule has 1 fully saturated rings. The molecule has 2 aromatic rings. The molecule has 1 aliphatic rings. The number of hydrogen-bond acceptors (Lipinski definition) is 2. The molecular weight excluding hydrogens is 321 g/mol. The second kappa shape index (κ2) is 6.32. The zero-order valence-corrected chi connectivity index (χ0v) is 13.7. The van der Waals surface area contributed by atoms with Gasteiger partial charge in [0.05, 0.1) is 0 Å². The van der Waals surface area contributed by atoms with E-state index in [-0.39, 0.29) is 11.9 Å². The van der Waals surface area contributed by atoms with Crippen LogP contribution in [-0.2, 0) is 0 Å². The van der Waals surface area contributed by atoms with Crippen LogP contribution in [0, 0.1) is 0 Å². The molecular formula is C16H17Cl2N3O. The van der Waals surface area contributed by atoms with Crippen molar-refractivity contribution in [3.05, 3.63) is 46.2 Å². The minimum atomic E-state index is -0.0512.